The van der Waals surface area contributed by atoms with E-state index in [1.165, 1.54) is 155 Å². The lowest BCUT2D eigenvalue weighted by Crippen LogP contribution is -2.71. The third kappa shape index (κ3) is 34.8. The largest absolute Gasteiger partial charge is 0.394 e. The zero-order chi connectivity index (χ0) is 94.9. The molecule has 0 spiro atoms. The van der Waals surface area contributed by atoms with Gasteiger partial charge in [-0.1, -0.05) is 205 Å². The number of rotatable bonds is 61. The number of unbranched alkanes of at least 4 members (excludes halogenated alkanes) is 30. The Morgan fingerprint density at radius 3 is 1.09 bits per heavy atom. The van der Waals surface area contributed by atoms with E-state index in [4.69, 9.17) is 66.3 Å². The van der Waals surface area contributed by atoms with Gasteiger partial charge in [0.05, 0.1) is 64.5 Å². The van der Waals surface area contributed by atoms with E-state index in [2.05, 4.69) is 41.9 Å². The summed E-state index contributed by atoms with van der Waals surface area (Å²) in [5, 5.41) is 232. The highest BCUT2D eigenvalue weighted by atomic mass is 16.8. The molecular weight excluding hydrogens is 1710 g/mol. The molecule has 0 radical (unpaired) electrons. The molecule has 758 valence electrons. The number of carbonyl (C=O) groups excluding carboxylic acids is 3. The zero-order valence-electron chi connectivity index (χ0n) is 76.5. The van der Waals surface area contributed by atoms with E-state index in [0.717, 1.165) is 65.2 Å². The van der Waals surface area contributed by atoms with E-state index in [1.54, 1.807) is 6.08 Å². The average Bonchev–Trinajstić information content (AvgIpc) is 0.757. The highest BCUT2D eigenvalue weighted by Gasteiger charge is 2.60. The first-order chi connectivity index (χ1) is 62.5. The number of allylic oxidation sites excluding steroid dienone is 3. The molecule has 0 aromatic heterocycles. The summed E-state index contributed by atoms with van der Waals surface area (Å²) >= 11 is 0. The lowest BCUT2D eigenvalue weighted by molar-refractivity contribution is -0.392. The minimum absolute atomic E-state index is 0.165. The first-order valence-corrected chi connectivity index (χ1v) is 48.0. The Kier molecular flexibility index (Phi) is 53.3. The van der Waals surface area contributed by atoms with Gasteiger partial charge in [0.25, 0.3) is 0 Å². The van der Waals surface area contributed by atoms with Crippen LogP contribution in [0.1, 0.15) is 253 Å². The Morgan fingerprint density at radius 2 is 0.631 bits per heavy atom. The molecule has 7 heterocycles. The minimum atomic E-state index is -2.37. The highest BCUT2D eigenvalue weighted by molar-refractivity contribution is 5.76. The average molecular weight is 1880 g/mol. The van der Waals surface area contributed by atoms with E-state index in [-0.39, 0.29) is 12.3 Å². The summed E-state index contributed by atoms with van der Waals surface area (Å²) in [7, 11) is 0. The monoisotopic (exact) mass is 1880 g/mol. The lowest BCUT2D eigenvalue weighted by atomic mass is 9.93. The summed E-state index contributed by atoms with van der Waals surface area (Å²) < 4.78 is 84.3. The van der Waals surface area contributed by atoms with Gasteiger partial charge < -0.3 is 184 Å². The smallest absolute Gasteiger partial charge is 0.220 e. The molecule has 7 aliphatic rings. The third-order valence-electron chi connectivity index (χ3n) is 25.5. The van der Waals surface area contributed by atoms with Gasteiger partial charge in [0.15, 0.2) is 44.0 Å². The van der Waals surface area contributed by atoms with Gasteiger partial charge in [-0.05, 0) is 51.9 Å². The number of hydrogen-bond donors (Lipinski definition) is 23. The normalized spacial score (nSPS) is 37.3. The number of hydrogen-bond acceptors (Lipinski definition) is 37. The summed E-state index contributed by atoms with van der Waals surface area (Å²) in [6, 6.07) is -4.85. The van der Waals surface area contributed by atoms with E-state index in [0.29, 0.717) is 12.8 Å². The fourth-order valence-electron chi connectivity index (χ4n) is 17.6. The molecule has 0 aromatic carbocycles. The number of nitrogens with one attached hydrogen (secondary N) is 3. The van der Waals surface area contributed by atoms with Crippen LogP contribution in [0.25, 0.3) is 0 Å². The number of aliphatic hydroxyl groups is 20. The van der Waals surface area contributed by atoms with Crippen LogP contribution in [-0.4, -0.2) is 393 Å². The maximum absolute atomic E-state index is 13.6. The Hall–Kier alpha value is -3.47. The van der Waals surface area contributed by atoms with Crippen molar-refractivity contribution in [1.29, 1.82) is 0 Å². The number of ether oxygens (including phenoxy) is 14. The van der Waals surface area contributed by atoms with Gasteiger partial charge >= 0.3 is 0 Å². The molecule has 7 fully saturated rings. The van der Waals surface area contributed by atoms with Crippen LogP contribution in [0.5, 0.6) is 0 Å². The van der Waals surface area contributed by atoms with Crippen LogP contribution in [0.15, 0.2) is 24.3 Å². The molecule has 7 saturated heterocycles. The van der Waals surface area contributed by atoms with Gasteiger partial charge in [-0.3, -0.25) is 14.4 Å². The lowest BCUT2D eigenvalue weighted by Gasteiger charge is -2.52. The second-order valence-electron chi connectivity index (χ2n) is 35.9. The van der Waals surface area contributed by atoms with Crippen molar-refractivity contribution in [3.05, 3.63) is 24.3 Å². The van der Waals surface area contributed by atoms with Crippen molar-refractivity contribution in [1.82, 2.24) is 16.0 Å². The van der Waals surface area contributed by atoms with Gasteiger partial charge in [0.1, 0.15) is 165 Å². The van der Waals surface area contributed by atoms with Crippen LogP contribution in [0.3, 0.4) is 0 Å². The van der Waals surface area contributed by atoms with Crippen molar-refractivity contribution in [3.63, 3.8) is 0 Å². The molecule has 40 nitrogen and oxygen atoms in total. The Morgan fingerprint density at radius 1 is 0.315 bits per heavy atom. The van der Waals surface area contributed by atoms with Gasteiger partial charge in [-0.25, -0.2) is 0 Å². The molecule has 0 aliphatic carbocycles. The molecule has 40 heteroatoms. The first kappa shape index (κ1) is 114. The van der Waals surface area contributed by atoms with Crippen molar-refractivity contribution in [3.8, 4) is 0 Å². The number of aliphatic hydroxyl groups excluding tert-OH is 20. The van der Waals surface area contributed by atoms with Crippen molar-refractivity contribution in [2.24, 2.45) is 0 Å². The fourth-order valence-corrected chi connectivity index (χ4v) is 17.6. The molecule has 7 rings (SSSR count). The van der Waals surface area contributed by atoms with Crippen LogP contribution in [0.2, 0.25) is 0 Å². The summed E-state index contributed by atoms with van der Waals surface area (Å²) in [5.74, 6) is -2.17. The number of amides is 3. The standard InChI is InChI=1S/C90H161N3O37/c1-6-8-10-12-14-16-18-20-21-22-23-24-25-26-27-28-29-31-33-35-37-39-41-43-62(103)93-54(55(102)42-40-38-36-34-32-30-19-17-15-13-11-9-7-2)50-117-86-75(114)71(110)79(59(47-97)123-86)126-89-76(115)72(111)78(60(48-98)124-89)125-84-63(91-52(4)100)81(67(106)57(45-95)119-84)128-90-77(116)83(68(107)58(46-96)121-90)130-85-64(92-53(5)101)82(129-87-73(112)69(108)65(104)51(3)118-87)80(61(49-99)122-85)127-88-74(113)70(109)66(105)56(44-94)120-88/h20-21,40,42,51,54-61,63-90,94-99,102,104-116H,6-19,22-39,41,43-50H2,1-5H3,(H,91,100)(H,92,101)(H,93,103)/b21-20-,42-40+/t51?,54-,55+,56?,57?,58?,59?,60?,61?,63?,64?,65+,66-,67-,68-,69?,70-,71+,72+,73-,74?,75?,76?,77?,78-,79+,80+,81+,82+,83-,84-,85-,86+,87+,88-,89-,90-/m0/s1. The van der Waals surface area contributed by atoms with Gasteiger partial charge in [-0.2, -0.15) is 0 Å². The highest BCUT2D eigenvalue weighted by Crippen LogP contribution is 2.40. The van der Waals surface area contributed by atoms with E-state index >= 15 is 0 Å². The molecule has 3 amide bonds. The van der Waals surface area contributed by atoms with Crippen LogP contribution in [0, 0.1) is 0 Å². The summed E-state index contributed by atoms with van der Waals surface area (Å²) in [4.78, 5) is 40.2. The summed E-state index contributed by atoms with van der Waals surface area (Å²) in [6.07, 6.45) is -19.4. The van der Waals surface area contributed by atoms with E-state index < -0.39 is 285 Å². The van der Waals surface area contributed by atoms with Gasteiger partial charge in [0.2, 0.25) is 17.7 Å². The van der Waals surface area contributed by atoms with Crippen molar-refractivity contribution < 1.29 is 183 Å². The maximum atomic E-state index is 13.6. The minimum Gasteiger partial charge on any atom is -0.394 e. The SMILES string of the molecule is CCCCCCCC/C=C\CCCCCCCCCCCCCCCC(=O)N[C@@H](CO[C@@H]1OC(CO)[C@@H](O[C@@H]2OC(CO)[C@H](O[C@@H]3OC(CO)[C@H](O)[C@H](O[C@@H]4OC(CO)[C@H](O)[C@H](O[C@@H]5OC(CO)[C@@H](O[C@@H]6OC(CO)[C@H](O)[C@H](O)C6O)[C@H](O[C@H]6OC(C)[C@@H](O)C(O)[C@@H]6O)C5NC(C)=O)C4O)C3NC(C)=O)[C@H](O)C2O)[C@H](O)C1O)[C@H](O)/C=C/CCCCCCCCCCCCC. The van der Waals surface area contributed by atoms with E-state index in [9.17, 15) is 117 Å². The molecule has 37 atom stereocenters. The molecule has 23 N–H and O–H groups in total. The van der Waals surface area contributed by atoms with Crippen molar-refractivity contribution in [2.75, 3.05) is 46.2 Å². The van der Waals surface area contributed by atoms with Gasteiger partial charge in [-0.15, -0.1) is 0 Å². The second kappa shape index (κ2) is 61.1. The molecule has 0 bridgehead atoms. The molecule has 130 heavy (non-hydrogen) atoms. The predicted molar refractivity (Wildman–Crippen MR) is 462 cm³/mol. The summed E-state index contributed by atoms with van der Waals surface area (Å²) in [6.45, 7) is 0.992. The third-order valence-corrected chi connectivity index (χ3v) is 25.5. The van der Waals surface area contributed by atoms with Crippen LogP contribution in [0.4, 0.5) is 0 Å². The van der Waals surface area contributed by atoms with Gasteiger partial charge in [0, 0.05) is 20.3 Å². The summed E-state index contributed by atoms with van der Waals surface area (Å²) in [5.41, 5.74) is 0. The van der Waals surface area contributed by atoms with Crippen molar-refractivity contribution in [2.45, 2.75) is 480 Å². The quantitative estimate of drug-likeness (QED) is 0.0265. The Bertz CT molecular complexity index is 3110. The van der Waals surface area contributed by atoms with Crippen LogP contribution >= 0.6 is 0 Å². The molecule has 0 saturated carbocycles. The van der Waals surface area contributed by atoms with E-state index in [1.807, 2.05) is 6.08 Å². The molecule has 7 aliphatic heterocycles. The number of carbonyl (C=O) groups is 3. The van der Waals surface area contributed by atoms with Crippen molar-refractivity contribution >= 4 is 17.7 Å². The molecule has 14 unspecified atom stereocenters. The first-order valence-electron chi connectivity index (χ1n) is 48.0. The van der Waals surface area contributed by atoms with Crippen LogP contribution < -0.4 is 16.0 Å². The topological polar surface area (TPSA) is 621 Å². The molecular formula is C90H161N3O37. The second-order valence-corrected chi connectivity index (χ2v) is 35.9. The Balaban J connectivity index is 0.977. The fraction of sp³-hybridized carbons (Fsp3) is 0.922. The Labute approximate surface area is 763 Å². The van der Waals surface area contributed by atoms with Crippen LogP contribution in [-0.2, 0) is 80.7 Å². The maximum Gasteiger partial charge on any atom is 0.220 e. The predicted octanol–water partition coefficient (Wildman–Crippen LogP) is -0.675. The zero-order valence-corrected chi connectivity index (χ0v) is 76.5. The molecule has 0 aromatic rings.